The summed E-state index contributed by atoms with van der Waals surface area (Å²) in [5.74, 6) is -2.72. The van der Waals surface area contributed by atoms with Crippen molar-refractivity contribution in [3.8, 4) is 17.2 Å². The summed E-state index contributed by atoms with van der Waals surface area (Å²) >= 11 is 5.88. The van der Waals surface area contributed by atoms with Crippen molar-refractivity contribution in [1.82, 2.24) is 0 Å². The smallest absolute Gasteiger partial charge is 0.254 e. The number of rotatable bonds is 4. The molecule has 0 saturated carbocycles. The number of amides is 1. The van der Waals surface area contributed by atoms with E-state index in [0.29, 0.717) is 16.5 Å². The van der Waals surface area contributed by atoms with Crippen LogP contribution in [0, 0.1) is 11.6 Å². The zero-order chi connectivity index (χ0) is 17.3. The topological polar surface area (TPSA) is 70.8 Å². The minimum absolute atomic E-state index is 0.0767. The Morgan fingerprint density at radius 3 is 2.83 bits per heavy atom. The van der Waals surface area contributed by atoms with Gasteiger partial charge in [0.1, 0.15) is 24.6 Å². The van der Waals surface area contributed by atoms with E-state index in [-0.39, 0.29) is 19.0 Å². The molecule has 2 N–H and O–H groups in total. The number of carbonyl (C=O) groups is 1. The van der Waals surface area contributed by atoms with E-state index >= 15 is 0 Å². The third-order valence-electron chi connectivity index (χ3n) is 3.35. The highest BCUT2D eigenvalue weighted by molar-refractivity contribution is 6.30. The second-order valence-corrected chi connectivity index (χ2v) is 5.49. The van der Waals surface area contributed by atoms with Crippen molar-refractivity contribution in [2.75, 3.05) is 13.2 Å². The van der Waals surface area contributed by atoms with Crippen molar-refractivity contribution in [3.05, 3.63) is 52.6 Å². The van der Waals surface area contributed by atoms with Crippen LogP contribution in [-0.2, 0) is 0 Å². The molecular weight excluding hydrogens is 344 g/mol. The van der Waals surface area contributed by atoms with Crippen LogP contribution in [0.25, 0.3) is 0 Å². The monoisotopic (exact) mass is 355 g/mol. The van der Waals surface area contributed by atoms with Crippen LogP contribution in [0.4, 0.5) is 8.78 Å². The molecular formula is C16H12ClF2NO4. The number of halogens is 3. The Bertz CT molecular complexity index is 800. The van der Waals surface area contributed by atoms with Crippen LogP contribution in [0.3, 0.4) is 0 Å². The van der Waals surface area contributed by atoms with Crippen molar-refractivity contribution in [2.45, 2.75) is 6.10 Å². The summed E-state index contributed by atoms with van der Waals surface area (Å²) in [5.41, 5.74) is 4.12. The Balaban J connectivity index is 1.71. The molecule has 0 aliphatic carbocycles. The van der Waals surface area contributed by atoms with Gasteiger partial charge >= 0.3 is 0 Å². The predicted octanol–water partition coefficient (Wildman–Crippen LogP) is 2.94. The number of benzene rings is 2. The fraction of sp³-hybridized carbons (Fsp3) is 0.188. The van der Waals surface area contributed by atoms with Gasteiger partial charge in [-0.2, -0.15) is 0 Å². The molecule has 2 aromatic rings. The molecule has 0 unspecified atom stereocenters. The van der Waals surface area contributed by atoms with Gasteiger partial charge in [-0.3, -0.25) is 4.79 Å². The number of fused-ring (bicyclic) bond motifs is 1. The van der Waals surface area contributed by atoms with E-state index in [1.165, 1.54) is 0 Å². The molecule has 1 aliphatic rings. The van der Waals surface area contributed by atoms with Crippen LogP contribution < -0.4 is 19.9 Å². The number of carbonyl (C=O) groups excluding carboxylic acids is 1. The van der Waals surface area contributed by atoms with Gasteiger partial charge in [0.15, 0.2) is 29.2 Å². The first kappa shape index (κ1) is 16.3. The minimum Gasteiger partial charge on any atom is -0.486 e. The lowest BCUT2D eigenvalue weighted by Crippen LogP contribution is -2.34. The molecule has 1 aliphatic heterocycles. The predicted molar refractivity (Wildman–Crippen MR) is 81.7 cm³/mol. The van der Waals surface area contributed by atoms with E-state index in [1.807, 2.05) is 0 Å². The molecule has 0 radical (unpaired) electrons. The molecule has 3 rings (SSSR count). The van der Waals surface area contributed by atoms with Crippen LogP contribution in [0.5, 0.6) is 17.2 Å². The standard InChI is InChI=1S/C16H12ClF2NO4/c17-8-1-3-11-13(5-8)24-9(6-22-11)7-23-12-4-2-10(18)14(15(12)19)16(20)21/h1-5,9H,6-7H2,(H2,20,21)/t9-/m1/s1. The highest BCUT2D eigenvalue weighted by atomic mass is 35.5. The third-order valence-corrected chi connectivity index (χ3v) is 3.59. The highest BCUT2D eigenvalue weighted by Gasteiger charge is 2.24. The number of hydrogen-bond acceptors (Lipinski definition) is 4. The zero-order valence-corrected chi connectivity index (χ0v) is 13.0. The van der Waals surface area contributed by atoms with E-state index in [4.69, 9.17) is 31.5 Å². The molecule has 1 heterocycles. The van der Waals surface area contributed by atoms with E-state index in [9.17, 15) is 13.6 Å². The number of ether oxygens (including phenoxy) is 3. The Labute approximate surface area is 140 Å². The lowest BCUT2D eigenvalue weighted by Gasteiger charge is -2.26. The normalized spacial score (nSPS) is 15.9. The quantitative estimate of drug-likeness (QED) is 0.915. The fourth-order valence-corrected chi connectivity index (χ4v) is 2.39. The van der Waals surface area contributed by atoms with Crippen LogP contribution in [0.1, 0.15) is 10.4 Å². The fourth-order valence-electron chi connectivity index (χ4n) is 2.23. The van der Waals surface area contributed by atoms with Crippen molar-refractivity contribution in [3.63, 3.8) is 0 Å². The molecule has 0 saturated heterocycles. The number of nitrogens with two attached hydrogens (primary N) is 1. The lowest BCUT2D eigenvalue weighted by atomic mass is 10.1. The van der Waals surface area contributed by atoms with Crippen molar-refractivity contribution in [2.24, 2.45) is 5.73 Å². The molecule has 0 aromatic heterocycles. The largest absolute Gasteiger partial charge is 0.486 e. The van der Waals surface area contributed by atoms with Crippen LogP contribution >= 0.6 is 11.6 Å². The summed E-state index contributed by atoms with van der Waals surface area (Å²) < 4.78 is 43.9. The Morgan fingerprint density at radius 1 is 1.29 bits per heavy atom. The molecule has 0 fully saturated rings. The van der Waals surface area contributed by atoms with E-state index in [1.54, 1.807) is 18.2 Å². The van der Waals surface area contributed by atoms with Gasteiger partial charge in [-0.15, -0.1) is 0 Å². The van der Waals surface area contributed by atoms with Crippen molar-refractivity contribution >= 4 is 17.5 Å². The third kappa shape index (κ3) is 3.21. The average molecular weight is 356 g/mol. The van der Waals surface area contributed by atoms with Gasteiger partial charge in [-0.05, 0) is 24.3 Å². The zero-order valence-electron chi connectivity index (χ0n) is 12.2. The summed E-state index contributed by atoms with van der Waals surface area (Å²) in [7, 11) is 0. The van der Waals surface area contributed by atoms with Crippen LogP contribution in [-0.4, -0.2) is 25.2 Å². The Kier molecular flexibility index (Phi) is 4.44. The highest BCUT2D eigenvalue weighted by Crippen LogP contribution is 2.34. The van der Waals surface area contributed by atoms with E-state index in [0.717, 1.165) is 12.1 Å². The average Bonchev–Trinajstić information content (AvgIpc) is 2.53. The number of hydrogen-bond donors (Lipinski definition) is 1. The maximum absolute atomic E-state index is 14.1. The second-order valence-electron chi connectivity index (χ2n) is 5.05. The summed E-state index contributed by atoms with van der Waals surface area (Å²) in [5, 5.41) is 0.481. The maximum Gasteiger partial charge on any atom is 0.254 e. The van der Waals surface area contributed by atoms with Crippen LogP contribution in [0.2, 0.25) is 5.02 Å². The van der Waals surface area contributed by atoms with Gasteiger partial charge in [0.25, 0.3) is 5.91 Å². The molecule has 2 aromatic carbocycles. The number of primary amides is 1. The van der Waals surface area contributed by atoms with Gasteiger partial charge in [0.2, 0.25) is 0 Å². The molecule has 1 atom stereocenters. The Morgan fingerprint density at radius 2 is 2.08 bits per heavy atom. The van der Waals surface area contributed by atoms with Crippen LogP contribution in [0.15, 0.2) is 30.3 Å². The summed E-state index contributed by atoms with van der Waals surface area (Å²) in [6.45, 7) is 0.104. The SMILES string of the molecule is NC(=O)c1c(F)ccc(OC[C@H]2COc3ccc(Cl)cc3O2)c1F. The van der Waals surface area contributed by atoms with Crippen molar-refractivity contribution in [1.29, 1.82) is 0 Å². The van der Waals surface area contributed by atoms with Gasteiger partial charge in [-0.1, -0.05) is 11.6 Å². The second kappa shape index (κ2) is 6.52. The molecule has 5 nitrogen and oxygen atoms in total. The maximum atomic E-state index is 14.1. The molecule has 0 bridgehead atoms. The molecule has 0 spiro atoms. The summed E-state index contributed by atoms with van der Waals surface area (Å²) in [6, 6.07) is 6.91. The summed E-state index contributed by atoms with van der Waals surface area (Å²) in [6.07, 6.45) is -0.530. The first-order valence-corrected chi connectivity index (χ1v) is 7.33. The molecule has 24 heavy (non-hydrogen) atoms. The van der Waals surface area contributed by atoms with Gasteiger partial charge < -0.3 is 19.9 Å². The first-order valence-electron chi connectivity index (χ1n) is 6.95. The molecule has 1 amide bonds. The van der Waals surface area contributed by atoms with Gasteiger partial charge in [-0.25, -0.2) is 8.78 Å². The summed E-state index contributed by atoms with van der Waals surface area (Å²) in [4.78, 5) is 11.1. The van der Waals surface area contributed by atoms with E-state index < -0.39 is 29.2 Å². The lowest BCUT2D eigenvalue weighted by molar-refractivity contribution is 0.0523. The van der Waals surface area contributed by atoms with E-state index in [2.05, 4.69) is 0 Å². The van der Waals surface area contributed by atoms with Crippen molar-refractivity contribution < 1.29 is 27.8 Å². The first-order chi connectivity index (χ1) is 11.5. The minimum atomic E-state index is -1.21. The van der Waals surface area contributed by atoms with Gasteiger partial charge in [0, 0.05) is 11.1 Å². The Hall–Kier alpha value is -2.54. The van der Waals surface area contributed by atoms with Gasteiger partial charge in [0.05, 0.1) is 0 Å². The molecule has 126 valence electrons. The molecule has 8 heteroatoms.